The first-order chi connectivity index (χ1) is 12.3. The van der Waals surface area contributed by atoms with E-state index in [1.54, 1.807) is 6.07 Å². The third-order valence-electron chi connectivity index (χ3n) is 4.70. The van der Waals surface area contributed by atoms with Gasteiger partial charge < -0.3 is 10.2 Å². The monoisotopic (exact) mass is 399 g/mol. The van der Waals surface area contributed by atoms with Crippen LogP contribution in [0.15, 0.2) is 41.3 Å². The highest BCUT2D eigenvalue weighted by molar-refractivity contribution is 7.89. The Kier molecular flexibility index (Phi) is 5.41. The molecule has 8 heteroatoms. The summed E-state index contributed by atoms with van der Waals surface area (Å²) < 4.78 is 40.8. The minimum Gasteiger partial charge on any atom is -0.508 e. The molecule has 3 rings (SSSR count). The van der Waals surface area contributed by atoms with E-state index in [0.29, 0.717) is 25.7 Å². The number of phenolic OH excluding ortho intramolecular Hbond substituents is 2. The van der Waals surface area contributed by atoms with Crippen molar-refractivity contribution in [3.63, 3.8) is 0 Å². The van der Waals surface area contributed by atoms with Gasteiger partial charge in [0.05, 0.1) is 9.92 Å². The number of hydrogen-bond acceptors (Lipinski definition) is 4. The Morgan fingerprint density at radius 1 is 1.04 bits per heavy atom. The van der Waals surface area contributed by atoms with Crippen molar-refractivity contribution in [2.24, 2.45) is 0 Å². The molecule has 2 aromatic rings. The Morgan fingerprint density at radius 2 is 1.73 bits per heavy atom. The molecular weight excluding hydrogens is 381 g/mol. The molecule has 1 aliphatic carbocycles. The third kappa shape index (κ3) is 4.11. The average molecular weight is 400 g/mol. The number of sulfonamides is 1. The van der Waals surface area contributed by atoms with Crippen LogP contribution in [0.4, 0.5) is 4.39 Å². The van der Waals surface area contributed by atoms with Crippen LogP contribution in [0, 0.1) is 5.82 Å². The van der Waals surface area contributed by atoms with E-state index in [4.69, 9.17) is 11.6 Å². The quantitative estimate of drug-likeness (QED) is 0.727. The summed E-state index contributed by atoms with van der Waals surface area (Å²) in [5.41, 5.74) is 0.759. The van der Waals surface area contributed by atoms with Crippen LogP contribution in [0.3, 0.4) is 0 Å². The van der Waals surface area contributed by atoms with E-state index in [2.05, 4.69) is 4.72 Å². The van der Waals surface area contributed by atoms with E-state index in [-0.39, 0.29) is 33.4 Å². The highest BCUT2D eigenvalue weighted by atomic mass is 35.5. The highest BCUT2D eigenvalue weighted by Crippen LogP contribution is 2.38. The summed E-state index contributed by atoms with van der Waals surface area (Å²) in [6, 6.07) is 7.61. The minimum absolute atomic E-state index is 0.00524. The number of nitrogens with one attached hydrogen (secondary N) is 1. The molecule has 0 bridgehead atoms. The summed E-state index contributed by atoms with van der Waals surface area (Å²) in [6.07, 6.45) is 2.63. The van der Waals surface area contributed by atoms with E-state index in [0.717, 1.165) is 17.7 Å². The van der Waals surface area contributed by atoms with Crippen LogP contribution in [-0.2, 0) is 10.0 Å². The second-order valence-electron chi connectivity index (χ2n) is 6.49. The molecule has 140 valence electrons. The lowest BCUT2D eigenvalue weighted by Gasteiger charge is -2.29. The molecule has 0 amide bonds. The standard InChI is InChI=1S/C18H19ClFNO4S/c19-16-10-14(6-8-17(16)20)26(24,25)21-12-3-1-11(2-4-12)15-7-5-13(22)9-18(15)23/h5-12,21-23H,1-4H2. The van der Waals surface area contributed by atoms with Crippen molar-refractivity contribution < 1.29 is 23.0 Å². The van der Waals surface area contributed by atoms with Crippen LogP contribution in [-0.4, -0.2) is 24.7 Å². The van der Waals surface area contributed by atoms with Gasteiger partial charge in [-0.3, -0.25) is 0 Å². The van der Waals surface area contributed by atoms with Gasteiger partial charge in [-0.25, -0.2) is 17.5 Å². The van der Waals surface area contributed by atoms with E-state index >= 15 is 0 Å². The molecular formula is C18H19ClFNO4S. The zero-order chi connectivity index (χ0) is 18.9. The Labute approximate surface area is 156 Å². The van der Waals surface area contributed by atoms with Crippen molar-refractivity contribution in [1.82, 2.24) is 4.72 Å². The fourth-order valence-corrected chi connectivity index (χ4v) is 4.91. The van der Waals surface area contributed by atoms with Crippen LogP contribution in [0.5, 0.6) is 11.5 Å². The Balaban J connectivity index is 1.65. The maximum atomic E-state index is 13.2. The van der Waals surface area contributed by atoms with Crippen molar-refractivity contribution in [1.29, 1.82) is 0 Å². The first-order valence-electron chi connectivity index (χ1n) is 8.25. The van der Waals surface area contributed by atoms with Gasteiger partial charge in [0.25, 0.3) is 0 Å². The lowest BCUT2D eigenvalue weighted by molar-refractivity contribution is 0.362. The minimum atomic E-state index is -3.78. The average Bonchev–Trinajstić information content (AvgIpc) is 2.58. The smallest absolute Gasteiger partial charge is 0.240 e. The molecule has 1 fully saturated rings. The summed E-state index contributed by atoms with van der Waals surface area (Å²) in [6.45, 7) is 0. The number of aromatic hydroxyl groups is 2. The number of phenols is 2. The summed E-state index contributed by atoms with van der Waals surface area (Å²) >= 11 is 5.67. The second kappa shape index (κ2) is 7.42. The largest absolute Gasteiger partial charge is 0.508 e. The van der Waals surface area contributed by atoms with Crippen molar-refractivity contribution >= 4 is 21.6 Å². The van der Waals surface area contributed by atoms with E-state index in [1.807, 2.05) is 0 Å². The topological polar surface area (TPSA) is 86.6 Å². The van der Waals surface area contributed by atoms with Crippen molar-refractivity contribution in [3.8, 4) is 11.5 Å². The van der Waals surface area contributed by atoms with Gasteiger partial charge in [-0.05, 0) is 61.4 Å². The predicted molar refractivity (Wildman–Crippen MR) is 96.5 cm³/mol. The van der Waals surface area contributed by atoms with Gasteiger partial charge >= 0.3 is 0 Å². The van der Waals surface area contributed by atoms with Crippen molar-refractivity contribution in [3.05, 3.63) is 52.8 Å². The molecule has 0 aliphatic heterocycles. The molecule has 3 N–H and O–H groups in total. The fourth-order valence-electron chi connectivity index (χ4n) is 3.33. The van der Waals surface area contributed by atoms with Gasteiger partial charge in [0, 0.05) is 12.1 Å². The van der Waals surface area contributed by atoms with Crippen LogP contribution in [0.1, 0.15) is 37.2 Å². The predicted octanol–water partition coefficient (Wildman–Crippen LogP) is 3.90. The van der Waals surface area contributed by atoms with Gasteiger partial charge in [0.1, 0.15) is 17.3 Å². The Morgan fingerprint density at radius 3 is 2.35 bits per heavy atom. The van der Waals surface area contributed by atoms with Gasteiger partial charge in [-0.1, -0.05) is 17.7 Å². The van der Waals surface area contributed by atoms with Gasteiger partial charge in [0.15, 0.2) is 0 Å². The maximum Gasteiger partial charge on any atom is 0.240 e. The van der Waals surface area contributed by atoms with Crippen molar-refractivity contribution in [2.45, 2.75) is 42.5 Å². The molecule has 1 aliphatic rings. The third-order valence-corrected chi connectivity index (χ3v) is 6.51. The van der Waals surface area contributed by atoms with Crippen LogP contribution >= 0.6 is 11.6 Å². The molecule has 0 radical (unpaired) electrons. The molecule has 2 aromatic carbocycles. The normalized spacial score (nSPS) is 20.8. The number of halogens is 2. The zero-order valence-corrected chi connectivity index (χ0v) is 15.4. The Hall–Kier alpha value is -1.83. The zero-order valence-electron chi connectivity index (χ0n) is 13.8. The summed E-state index contributed by atoms with van der Waals surface area (Å²) in [7, 11) is -3.78. The number of hydrogen-bond donors (Lipinski definition) is 3. The van der Waals surface area contributed by atoms with E-state index < -0.39 is 15.8 Å². The molecule has 0 heterocycles. The molecule has 1 saturated carbocycles. The molecule has 0 saturated heterocycles. The summed E-state index contributed by atoms with van der Waals surface area (Å²) in [5.74, 6) is -0.503. The second-order valence-corrected chi connectivity index (χ2v) is 8.61. The SMILES string of the molecule is O=S(=O)(NC1CCC(c2ccc(O)cc2O)CC1)c1ccc(F)c(Cl)c1. The van der Waals surface area contributed by atoms with Gasteiger partial charge in [0.2, 0.25) is 10.0 Å². The molecule has 0 atom stereocenters. The molecule has 0 aromatic heterocycles. The summed E-state index contributed by atoms with van der Waals surface area (Å²) in [5, 5.41) is 19.1. The van der Waals surface area contributed by atoms with E-state index in [1.165, 1.54) is 18.2 Å². The molecule has 5 nitrogen and oxygen atoms in total. The molecule has 0 unspecified atom stereocenters. The first kappa shape index (κ1) is 18.9. The maximum absolute atomic E-state index is 13.2. The van der Waals surface area contributed by atoms with Gasteiger partial charge in [-0.2, -0.15) is 0 Å². The van der Waals surface area contributed by atoms with Crippen LogP contribution in [0.2, 0.25) is 5.02 Å². The lowest BCUT2D eigenvalue weighted by atomic mass is 9.81. The fraction of sp³-hybridized carbons (Fsp3) is 0.333. The van der Waals surface area contributed by atoms with Crippen molar-refractivity contribution in [2.75, 3.05) is 0 Å². The Bertz CT molecular complexity index is 911. The molecule has 0 spiro atoms. The van der Waals surface area contributed by atoms with Crippen LogP contribution in [0.25, 0.3) is 0 Å². The van der Waals surface area contributed by atoms with Gasteiger partial charge in [-0.15, -0.1) is 0 Å². The van der Waals surface area contributed by atoms with Crippen LogP contribution < -0.4 is 4.72 Å². The lowest BCUT2D eigenvalue weighted by Crippen LogP contribution is -2.37. The summed E-state index contributed by atoms with van der Waals surface area (Å²) in [4.78, 5) is -0.0674. The highest BCUT2D eigenvalue weighted by Gasteiger charge is 2.28. The number of benzene rings is 2. The van der Waals surface area contributed by atoms with E-state index in [9.17, 15) is 23.0 Å². The first-order valence-corrected chi connectivity index (χ1v) is 10.1. The molecule has 26 heavy (non-hydrogen) atoms. The number of rotatable bonds is 4.